The maximum atomic E-state index is 5.83. The Balaban J connectivity index is 1.80. The van der Waals surface area contributed by atoms with Gasteiger partial charge in [0.2, 0.25) is 0 Å². The molecule has 17 heavy (non-hydrogen) atoms. The highest BCUT2D eigenvalue weighted by atomic mass is 15.5. The van der Waals surface area contributed by atoms with Gasteiger partial charge in [-0.1, -0.05) is 23.8 Å². The molecule has 2 unspecified atom stereocenters. The molecule has 0 amide bonds. The Hall–Kier alpha value is -1.23. The second-order valence-electron chi connectivity index (χ2n) is 4.89. The van der Waals surface area contributed by atoms with Crippen LogP contribution in [0.2, 0.25) is 0 Å². The third-order valence-electron chi connectivity index (χ3n) is 3.61. The zero-order valence-electron chi connectivity index (χ0n) is 10.4. The van der Waals surface area contributed by atoms with Crippen molar-refractivity contribution in [3.8, 4) is 0 Å². The van der Waals surface area contributed by atoms with Gasteiger partial charge in [-0.25, -0.2) is 0 Å². The highest BCUT2D eigenvalue weighted by Gasteiger charge is 2.21. The lowest BCUT2D eigenvalue weighted by Crippen LogP contribution is -2.20. The minimum Gasteiger partial charge on any atom is -0.330 e. The molecule has 0 saturated heterocycles. The van der Waals surface area contributed by atoms with Crippen molar-refractivity contribution in [3.05, 3.63) is 17.5 Å². The number of nitrogens with two attached hydrogens (primary N) is 1. The average Bonchev–Trinajstić information content (AvgIpc) is 2.99. The van der Waals surface area contributed by atoms with Crippen molar-refractivity contribution in [2.75, 3.05) is 6.54 Å². The van der Waals surface area contributed by atoms with Crippen molar-refractivity contribution < 1.29 is 0 Å². The third kappa shape index (κ3) is 3.36. The Labute approximate surface area is 102 Å². The lowest BCUT2D eigenvalue weighted by atomic mass is 9.89. The number of aromatic amines is 1. The molecule has 1 aliphatic rings. The Morgan fingerprint density at radius 2 is 2.47 bits per heavy atom. The SMILES string of the molecule is CCC1=CCC(CC(CN)Cc2nn[nH]n2)C1. The van der Waals surface area contributed by atoms with E-state index < -0.39 is 0 Å². The van der Waals surface area contributed by atoms with Crippen LogP contribution in [-0.4, -0.2) is 27.2 Å². The van der Waals surface area contributed by atoms with E-state index in [1.54, 1.807) is 5.57 Å². The van der Waals surface area contributed by atoms with Crippen LogP contribution in [0.5, 0.6) is 0 Å². The molecule has 0 saturated carbocycles. The number of nitrogens with one attached hydrogen (secondary N) is 1. The van der Waals surface area contributed by atoms with Gasteiger partial charge in [0, 0.05) is 6.42 Å². The lowest BCUT2D eigenvalue weighted by Gasteiger charge is -2.17. The van der Waals surface area contributed by atoms with Gasteiger partial charge in [0.15, 0.2) is 5.82 Å². The monoisotopic (exact) mass is 235 g/mol. The van der Waals surface area contributed by atoms with Crippen LogP contribution in [-0.2, 0) is 6.42 Å². The molecule has 0 aliphatic heterocycles. The number of nitrogens with zero attached hydrogens (tertiary/aromatic N) is 3. The summed E-state index contributed by atoms with van der Waals surface area (Å²) < 4.78 is 0. The molecular formula is C12H21N5. The normalized spacial score (nSPS) is 21.5. The van der Waals surface area contributed by atoms with E-state index in [1.807, 2.05) is 0 Å². The first-order valence-corrected chi connectivity index (χ1v) is 6.42. The number of hydrogen-bond acceptors (Lipinski definition) is 4. The maximum absolute atomic E-state index is 5.83. The summed E-state index contributed by atoms with van der Waals surface area (Å²) >= 11 is 0. The van der Waals surface area contributed by atoms with Crippen molar-refractivity contribution in [2.24, 2.45) is 17.6 Å². The number of tetrazole rings is 1. The molecule has 0 spiro atoms. The molecule has 1 aromatic heterocycles. The summed E-state index contributed by atoms with van der Waals surface area (Å²) in [7, 11) is 0. The molecule has 5 heteroatoms. The molecule has 0 aromatic carbocycles. The van der Waals surface area contributed by atoms with E-state index >= 15 is 0 Å². The minimum absolute atomic E-state index is 0.474. The first-order chi connectivity index (χ1) is 8.31. The number of rotatable bonds is 6. The minimum atomic E-state index is 0.474. The van der Waals surface area contributed by atoms with Gasteiger partial charge in [0.1, 0.15) is 0 Å². The van der Waals surface area contributed by atoms with Crippen molar-refractivity contribution in [1.29, 1.82) is 0 Å². The van der Waals surface area contributed by atoms with E-state index in [4.69, 9.17) is 5.73 Å². The van der Waals surface area contributed by atoms with Gasteiger partial charge in [-0.15, -0.1) is 10.2 Å². The number of allylic oxidation sites excluding steroid dienone is 2. The summed E-state index contributed by atoms with van der Waals surface area (Å²) in [5.41, 5.74) is 7.43. The summed E-state index contributed by atoms with van der Waals surface area (Å²) in [6.45, 7) is 2.93. The van der Waals surface area contributed by atoms with Gasteiger partial charge in [-0.3, -0.25) is 0 Å². The second-order valence-corrected chi connectivity index (χ2v) is 4.89. The smallest absolute Gasteiger partial charge is 0.174 e. The van der Waals surface area contributed by atoms with Crippen LogP contribution in [0.3, 0.4) is 0 Å². The number of H-pyrrole nitrogens is 1. The van der Waals surface area contributed by atoms with E-state index in [0.717, 1.165) is 18.2 Å². The summed E-state index contributed by atoms with van der Waals surface area (Å²) in [6, 6.07) is 0. The Morgan fingerprint density at radius 3 is 3.06 bits per heavy atom. The highest BCUT2D eigenvalue weighted by molar-refractivity contribution is 5.09. The van der Waals surface area contributed by atoms with Crippen LogP contribution in [0.4, 0.5) is 0 Å². The summed E-state index contributed by atoms with van der Waals surface area (Å²) in [4.78, 5) is 0. The molecule has 2 atom stereocenters. The Morgan fingerprint density at radius 1 is 1.59 bits per heavy atom. The summed E-state index contributed by atoms with van der Waals surface area (Å²) in [6.07, 6.45) is 8.06. The van der Waals surface area contributed by atoms with Gasteiger partial charge >= 0.3 is 0 Å². The van der Waals surface area contributed by atoms with Crippen molar-refractivity contribution >= 4 is 0 Å². The number of hydrogen-bond donors (Lipinski definition) is 2. The van der Waals surface area contributed by atoms with Crippen molar-refractivity contribution in [3.63, 3.8) is 0 Å². The standard InChI is InChI=1S/C12H21N5/c1-2-9-3-4-10(5-9)6-11(8-13)7-12-14-16-17-15-12/h3,10-11H,2,4-8,13H2,1H3,(H,14,15,16,17). The fourth-order valence-corrected chi connectivity index (χ4v) is 2.60. The van der Waals surface area contributed by atoms with E-state index in [1.165, 1.54) is 25.7 Å². The molecule has 3 N–H and O–H groups in total. The molecule has 2 rings (SSSR count). The third-order valence-corrected chi connectivity index (χ3v) is 3.61. The van der Waals surface area contributed by atoms with Crippen molar-refractivity contribution in [1.82, 2.24) is 20.6 Å². The molecule has 0 fully saturated rings. The summed E-state index contributed by atoms with van der Waals surface area (Å²) in [5.74, 6) is 2.02. The van der Waals surface area contributed by atoms with E-state index in [-0.39, 0.29) is 0 Å². The number of aromatic nitrogens is 4. The second kappa shape index (κ2) is 5.91. The fraction of sp³-hybridized carbons (Fsp3) is 0.750. The molecule has 1 aromatic rings. The maximum Gasteiger partial charge on any atom is 0.174 e. The largest absolute Gasteiger partial charge is 0.330 e. The van der Waals surface area contributed by atoms with Gasteiger partial charge in [-0.05, 0) is 44.1 Å². The predicted molar refractivity (Wildman–Crippen MR) is 66.1 cm³/mol. The average molecular weight is 235 g/mol. The summed E-state index contributed by atoms with van der Waals surface area (Å²) in [5, 5.41) is 14.1. The topological polar surface area (TPSA) is 80.5 Å². The molecular weight excluding hydrogens is 214 g/mol. The first kappa shape index (κ1) is 12.2. The van der Waals surface area contributed by atoms with Crippen LogP contribution in [0, 0.1) is 11.8 Å². The lowest BCUT2D eigenvalue weighted by molar-refractivity contribution is 0.379. The Bertz CT molecular complexity index is 357. The van der Waals surface area contributed by atoms with Gasteiger partial charge in [0.25, 0.3) is 0 Å². The zero-order valence-corrected chi connectivity index (χ0v) is 10.4. The molecule has 5 nitrogen and oxygen atoms in total. The van der Waals surface area contributed by atoms with Crippen LogP contribution in [0.15, 0.2) is 11.6 Å². The van der Waals surface area contributed by atoms with E-state index in [2.05, 4.69) is 33.6 Å². The molecule has 1 heterocycles. The molecule has 0 radical (unpaired) electrons. The molecule has 94 valence electrons. The zero-order chi connectivity index (χ0) is 12.1. The Kier molecular flexibility index (Phi) is 4.25. The quantitative estimate of drug-likeness (QED) is 0.731. The van der Waals surface area contributed by atoms with Crippen LogP contribution in [0.1, 0.15) is 38.4 Å². The van der Waals surface area contributed by atoms with Gasteiger partial charge < -0.3 is 5.73 Å². The van der Waals surface area contributed by atoms with Gasteiger partial charge in [0.05, 0.1) is 0 Å². The fourth-order valence-electron chi connectivity index (χ4n) is 2.60. The van der Waals surface area contributed by atoms with Gasteiger partial charge in [-0.2, -0.15) is 5.21 Å². The van der Waals surface area contributed by atoms with Crippen LogP contribution in [0.25, 0.3) is 0 Å². The van der Waals surface area contributed by atoms with E-state index in [9.17, 15) is 0 Å². The molecule has 1 aliphatic carbocycles. The molecule has 0 bridgehead atoms. The first-order valence-electron chi connectivity index (χ1n) is 6.42. The van der Waals surface area contributed by atoms with Crippen LogP contribution < -0.4 is 5.73 Å². The highest BCUT2D eigenvalue weighted by Crippen LogP contribution is 2.32. The van der Waals surface area contributed by atoms with Crippen molar-refractivity contribution in [2.45, 2.75) is 39.0 Å². The predicted octanol–water partition coefficient (Wildman–Crippen LogP) is 1.45. The van der Waals surface area contributed by atoms with E-state index in [0.29, 0.717) is 12.5 Å². The van der Waals surface area contributed by atoms with Crippen LogP contribution >= 0.6 is 0 Å².